The Morgan fingerprint density at radius 2 is 1.72 bits per heavy atom. The van der Waals surface area contributed by atoms with E-state index in [0.29, 0.717) is 0 Å². The number of ether oxygens (including phenoxy) is 2. The average Bonchev–Trinajstić information content (AvgIpc) is 3.11. The van der Waals surface area contributed by atoms with E-state index in [-0.39, 0.29) is 6.79 Å². The quantitative estimate of drug-likeness (QED) is 0.854. The second-order valence-electron chi connectivity index (χ2n) is 6.25. The molecule has 2 aromatic rings. The highest BCUT2D eigenvalue weighted by Crippen LogP contribution is 2.34. The van der Waals surface area contributed by atoms with Crippen LogP contribution in [0.1, 0.15) is 5.56 Å². The summed E-state index contributed by atoms with van der Waals surface area (Å²) in [7, 11) is 0. The molecule has 0 amide bonds. The Bertz CT molecular complexity index is 746. The summed E-state index contributed by atoms with van der Waals surface area (Å²) in [5, 5.41) is 4.07. The summed E-state index contributed by atoms with van der Waals surface area (Å²) in [4.78, 5) is 4.69. The van der Waals surface area contributed by atoms with Crippen LogP contribution in [0.5, 0.6) is 11.5 Å². The normalized spacial score (nSPS) is 16.7. The Labute approximate surface area is 153 Å². The monoisotopic (exact) mass is 355 g/mol. The van der Waals surface area contributed by atoms with Crippen LogP contribution in [0.2, 0.25) is 0 Å². The molecule has 6 heteroatoms. The van der Waals surface area contributed by atoms with Gasteiger partial charge in [0, 0.05) is 44.5 Å². The number of piperazine rings is 1. The molecule has 4 rings (SSSR count). The van der Waals surface area contributed by atoms with E-state index in [4.69, 9.17) is 21.7 Å². The van der Waals surface area contributed by atoms with Crippen molar-refractivity contribution in [1.29, 1.82) is 0 Å². The van der Waals surface area contributed by atoms with Crippen LogP contribution >= 0.6 is 12.2 Å². The first-order valence-electron chi connectivity index (χ1n) is 8.50. The van der Waals surface area contributed by atoms with E-state index in [0.717, 1.165) is 55.0 Å². The van der Waals surface area contributed by atoms with Gasteiger partial charge in [-0.3, -0.25) is 4.90 Å². The largest absolute Gasteiger partial charge is 0.454 e. The predicted octanol–water partition coefficient (Wildman–Crippen LogP) is 2.93. The number of anilines is 1. The molecule has 2 aliphatic rings. The van der Waals surface area contributed by atoms with Gasteiger partial charge in [0.05, 0.1) is 0 Å². The summed E-state index contributed by atoms with van der Waals surface area (Å²) in [5.74, 6) is 1.55. The summed E-state index contributed by atoms with van der Waals surface area (Å²) >= 11 is 5.58. The van der Waals surface area contributed by atoms with Crippen molar-refractivity contribution in [3.8, 4) is 11.5 Å². The predicted molar refractivity (Wildman–Crippen MR) is 102 cm³/mol. The highest BCUT2D eigenvalue weighted by atomic mass is 32.1. The van der Waals surface area contributed by atoms with Crippen LogP contribution in [0.4, 0.5) is 5.69 Å². The molecule has 0 radical (unpaired) electrons. The van der Waals surface area contributed by atoms with Gasteiger partial charge in [-0.2, -0.15) is 0 Å². The number of rotatable bonds is 3. The minimum atomic E-state index is 0.284. The minimum Gasteiger partial charge on any atom is -0.454 e. The molecule has 5 nitrogen and oxygen atoms in total. The van der Waals surface area contributed by atoms with Gasteiger partial charge >= 0.3 is 0 Å². The first-order chi connectivity index (χ1) is 12.3. The van der Waals surface area contributed by atoms with Gasteiger partial charge < -0.3 is 19.7 Å². The van der Waals surface area contributed by atoms with E-state index in [2.05, 4.69) is 45.4 Å². The summed E-state index contributed by atoms with van der Waals surface area (Å²) in [6.07, 6.45) is 0. The molecular formula is C19H21N3O2S. The molecule has 0 bridgehead atoms. The lowest BCUT2D eigenvalue weighted by molar-refractivity contribution is 0.174. The van der Waals surface area contributed by atoms with E-state index in [1.165, 1.54) is 5.56 Å². The van der Waals surface area contributed by atoms with Crippen LogP contribution in [0.3, 0.4) is 0 Å². The number of hydrogen-bond acceptors (Lipinski definition) is 4. The molecule has 1 fully saturated rings. The molecule has 0 unspecified atom stereocenters. The molecule has 2 heterocycles. The molecule has 0 saturated carbocycles. The molecule has 130 valence electrons. The van der Waals surface area contributed by atoms with Crippen LogP contribution in [0.15, 0.2) is 48.5 Å². The van der Waals surface area contributed by atoms with Gasteiger partial charge in [0.2, 0.25) is 6.79 Å². The van der Waals surface area contributed by atoms with Gasteiger partial charge in [-0.05, 0) is 29.9 Å². The molecule has 2 aliphatic heterocycles. The molecule has 0 spiro atoms. The second-order valence-corrected chi connectivity index (χ2v) is 6.63. The third kappa shape index (κ3) is 3.86. The van der Waals surface area contributed by atoms with Crippen LogP contribution < -0.4 is 14.8 Å². The third-order valence-electron chi connectivity index (χ3n) is 4.53. The van der Waals surface area contributed by atoms with Gasteiger partial charge in [-0.25, -0.2) is 0 Å². The highest BCUT2D eigenvalue weighted by Gasteiger charge is 2.20. The third-order valence-corrected chi connectivity index (χ3v) is 4.89. The van der Waals surface area contributed by atoms with Crippen molar-refractivity contribution in [2.75, 3.05) is 38.3 Å². The summed E-state index contributed by atoms with van der Waals surface area (Å²) in [5.41, 5.74) is 2.29. The zero-order chi connectivity index (χ0) is 17.1. The van der Waals surface area contributed by atoms with E-state index in [1.807, 2.05) is 18.2 Å². The van der Waals surface area contributed by atoms with Crippen molar-refractivity contribution >= 4 is 23.0 Å². The number of hydrogen-bond donors (Lipinski definition) is 1. The highest BCUT2D eigenvalue weighted by molar-refractivity contribution is 7.80. The average molecular weight is 355 g/mol. The summed E-state index contributed by atoms with van der Waals surface area (Å²) < 4.78 is 10.7. The summed E-state index contributed by atoms with van der Waals surface area (Å²) in [6.45, 7) is 5.17. The fourth-order valence-corrected chi connectivity index (χ4v) is 3.43. The molecular weight excluding hydrogens is 334 g/mol. The SMILES string of the molecule is S=C(Nc1ccc2c(c1)OCO2)N1CCN(Cc2ccccc2)CC1. The first-order valence-corrected chi connectivity index (χ1v) is 8.90. The van der Waals surface area contributed by atoms with Crippen LogP contribution in [0.25, 0.3) is 0 Å². The van der Waals surface area contributed by atoms with Crippen molar-refractivity contribution in [3.63, 3.8) is 0 Å². The van der Waals surface area contributed by atoms with E-state index >= 15 is 0 Å². The maximum Gasteiger partial charge on any atom is 0.231 e. The van der Waals surface area contributed by atoms with Crippen LogP contribution in [-0.4, -0.2) is 47.9 Å². The van der Waals surface area contributed by atoms with Gasteiger partial charge in [0.1, 0.15) is 0 Å². The lowest BCUT2D eigenvalue weighted by Gasteiger charge is -2.36. The number of thiocarbonyl (C=S) groups is 1. The van der Waals surface area contributed by atoms with Crippen molar-refractivity contribution in [3.05, 3.63) is 54.1 Å². The Kier molecular flexibility index (Phi) is 4.72. The van der Waals surface area contributed by atoms with Gasteiger partial charge in [0.25, 0.3) is 0 Å². The molecule has 0 atom stereocenters. The Hall–Kier alpha value is -2.31. The smallest absolute Gasteiger partial charge is 0.231 e. The van der Waals surface area contributed by atoms with Crippen LogP contribution in [0, 0.1) is 0 Å². The van der Waals surface area contributed by atoms with E-state index in [1.54, 1.807) is 0 Å². The van der Waals surface area contributed by atoms with Crippen molar-refractivity contribution in [2.24, 2.45) is 0 Å². The fraction of sp³-hybridized carbons (Fsp3) is 0.316. The maximum absolute atomic E-state index is 5.58. The maximum atomic E-state index is 5.58. The Balaban J connectivity index is 1.29. The molecule has 0 aromatic heterocycles. The number of nitrogens with zero attached hydrogens (tertiary/aromatic N) is 2. The second kappa shape index (κ2) is 7.29. The Morgan fingerprint density at radius 3 is 2.52 bits per heavy atom. The number of benzene rings is 2. The lowest BCUT2D eigenvalue weighted by Crippen LogP contribution is -2.49. The molecule has 1 N–H and O–H groups in total. The molecule has 1 saturated heterocycles. The lowest BCUT2D eigenvalue weighted by atomic mass is 10.2. The number of nitrogens with one attached hydrogen (secondary N) is 1. The standard InChI is InChI=1S/C19H21N3O2S/c25-19(20-16-6-7-17-18(12-16)24-14-23-17)22-10-8-21(9-11-22)13-15-4-2-1-3-5-15/h1-7,12H,8-11,13-14H2,(H,20,25). The fourth-order valence-electron chi connectivity index (χ4n) is 3.13. The first kappa shape index (κ1) is 16.2. The molecule has 2 aromatic carbocycles. The topological polar surface area (TPSA) is 37.0 Å². The van der Waals surface area contributed by atoms with Crippen LogP contribution in [-0.2, 0) is 6.54 Å². The minimum absolute atomic E-state index is 0.284. The zero-order valence-electron chi connectivity index (χ0n) is 14.0. The van der Waals surface area contributed by atoms with Crippen molar-refractivity contribution in [1.82, 2.24) is 9.80 Å². The molecule has 25 heavy (non-hydrogen) atoms. The zero-order valence-corrected chi connectivity index (χ0v) is 14.8. The number of fused-ring (bicyclic) bond motifs is 1. The van der Waals surface area contributed by atoms with E-state index < -0.39 is 0 Å². The molecule has 0 aliphatic carbocycles. The van der Waals surface area contributed by atoms with Gasteiger partial charge in [-0.15, -0.1) is 0 Å². The van der Waals surface area contributed by atoms with Crippen molar-refractivity contribution < 1.29 is 9.47 Å². The Morgan fingerprint density at radius 1 is 0.960 bits per heavy atom. The van der Waals surface area contributed by atoms with E-state index in [9.17, 15) is 0 Å². The van der Waals surface area contributed by atoms with Crippen molar-refractivity contribution in [2.45, 2.75) is 6.54 Å². The summed E-state index contributed by atoms with van der Waals surface area (Å²) in [6, 6.07) is 16.4. The van der Waals surface area contributed by atoms with Gasteiger partial charge in [-0.1, -0.05) is 30.3 Å². The van der Waals surface area contributed by atoms with Gasteiger partial charge in [0.15, 0.2) is 16.6 Å².